The Morgan fingerprint density at radius 1 is 1.19 bits per heavy atom. The fraction of sp³-hybridized carbons (Fsp3) is 0.300. The molecule has 0 saturated heterocycles. The maximum Gasteiger partial charge on any atom is 0.260 e. The molecule has 3 rings (SSSR count). The molecule has 1 N–H and O–H groups in total. The van der Waals surface area contributed by atoms with Crippen LogP contribution in [0.15, 0.2) is 41.8 Å². The second-order valence-electron chi connectivity index (χ2n) is 6.13. The number of aryl methyl sites for hydroxylation is 2. The van der Waals surface area contributed by atoms with E-state index in [1.54, 1.807) is 29.6 Å². The Morgan fingerprint density at radius 3 is 2.65 bits per heavy atom. The Balaban J connectivity index is 1.46. The summed E-state index contributed by atoms with van der Waals surface area (Å²) in [6.07, 6.45) is 0.283. The molecule has 0 aliphatic heterocycles. The molecule has 136 valence electrons. The van der Waals surface area contributed by atoms with Crippen LogP contribution in [0.2, 0.25) is 0 Å². The summed E-state index contributed by atoms with van der Waals surface area (Å²) in [5.41, 5.74) is 2.20. The van der Waals surface area contributed by atoms with E-state index in [0.29, 0.717) is 12.3 Å². The first-order chi connectivity index (χ1) is 12.5. The third-order valence-electron chi connectivity index (χ3n) is 3.91. The van der Waals surface area contributed by atoms with Gasteiger partial charge in [0, 0.05) is 16.8 Å². The lowest BCUT2D eigenvalue weighted by Gasteiger charge is -2.14. The van der Waals surface area contributed by atoms with Crippen LogP contribution in [0.3, 0.4) is 0 Å². The monoisotopic (exact) mass is 386 g/mol. The van der Waals surface area contributed by atoms with Crippen LogP contribution in [0.5, 0.6) is 5.75 Å². The van der Waals surface area contributed by atoms with Crippen molar-refractivity contribution in [3.05, 3.63) is 57.2 Å². The number of amides is 1. The van der Waals surface area contributed by atoms with Crippen molar-refractivity contribution in [3.8, 4) is 16.3 Å². The highest BCUT2D eigenvalue weighted by Crippen LogP contribution is 2.29. The Bertz CT molecular complexity index is 868. The number of nitrogens with one attached hydrogen (secondary N) is 1. The predicted octanol–water partition coefficient (Wildman–Crippen LogP) is 4.61. The van der Waals surface area contributed by atoms with Gasteiger partial charge in [-0.25, -0.2) is 4.98 Å². The summed E-state index contributed by atoms with van der Waals surface area (Å²) in [7, 11) is 0. The van der Waals surface area contributed by atoms with Gasteiger partial charge in [-0.1, -0.05) is 17.7 Å². The molecule has 2 heterocycles. The molecular formula is C20H22N2O2S2. The number of carbonyl (C=O) groups is 1. The number of thiazole rings is 1. The van der Waals surface area contributed by atoms with E-state index in [1.807, 2.05) is 38.1 Å². The minimum Gasteiger partial charge on any atom is -0.481 e. The van der Waals surface area contributed by atoms with Gasteiger partial charge in [0.05, 0.1) is 15.6 Å². The zero-order valence-corrected chi connectivity index (χ0v) is 16.7. The first kappa shape index (κ1) is 18.6. The zero-order valence-electron chi connectivity index (χ0n) is 15.1. The van der Waals surface area contributed by atoms with E-state index in [1.165, 1.54) is 9.75 Å². The topological polar surface area (TPSA) is 51.2 Å². The highest BCUT2D eigenvalue weighted by molar-refractivity contribution is 7.16. The number of benzene rings is 1. The van der Waals surface area contributed by atoms with Gasteiger partial charge in [-0.2, -0.15) is 0 Å². The van der Waals surface area contributed by atoms with Crippen LogP contribution in [0, 0.1) is 13.8 Å². The third kappa shape index (κ3) is 4.93. The van der Waals surface area contributed by atoms with Crippen LogP contribution in [0.25, 0.3) is 10.6 Å². The maximum absolute atomic E-state index is 12.2. The van der Waals surface area contributed by atoms with Gasteiger partial charge in [0.1, 0.15) is 5.75 Å². The molecule has 1 amide bonds. The number of aromatic nitrogens is 1. The van der Waals surface area contributed by atoms with Gasteiger partial charge in [-0.05, 0) is 51.5 Å². The van der Waals surface area contributed by atoms with Gasteiger partial charge >= 0.3 is 0 Å². The first-order valence-corrected chi connectivity index (χ1v) is 10.2. The smallest absolute Gasteiger partial charge is 0.260 e. The summed E-state index contributed by atoms with van der Waals surface area (Å²) in [5, 5.41) is 6.10. The van der Waals surface area contributed by atoms with Gasteiger partial charge in [-0.15, -0.1) is 22.7 Å². The van der Waals surface area contributed by atoms with Crippen LogP contribution in [0.4, 0.5) is 0 Å². The molecule has 0 spiro atoms. The zero-order chi connectivity index (χ0) is 18.5. The number of hydrogen-bond acceptors (Lipinski definition) is 5. The maximum atomic E-state index is 12.2. The largest absolute Gasteiger partial charge is 0.481 e. The van der Waals surface area contributed by atoms with Crippen molar-refractivity contribution in [3.63, 3.8) is 0 Å². The lowest BCUT2D eigenvalue weighted by molar-refractivity contribution is -0.127. The van der Waals surface area contributed by atoms with Gasteiger partial charge in [0.25, 0.3) is 5.91 Å². The molecule has 26 heavy (non-hydrogen) atoms. The highest BCUT2D eigenvalue weighted by Gasteiger charge is 2.14. The highest BCUT2D eigenvalue weighted by atomic mass is 32.1. The molecule has 0 fully saturated rings. The van der Waals surface area contributed by atoms with Crippen molar-refractivity contribution < 1.29 is 9.53 Å². The average molecular weight is 387 g/mol. The molecule has 1 atom stereocenters. The van der Waals surface area contributed by atoms with Crippen molar-refractivity contribution in [1.82, 2.24) is 10.3 Å². The van der Waals surface area contributed by atoms with E-state index >= 15 is 0 Å². The quantitative estimate of drug-likeness (QED) is 0.645. The molecule has 2 aromatic heterocycles. The van der Waals surface area contributed by atoms with Crippen molar-refractivity contribution in [2.24, 2.45) is 0 Å². The number of thiophene rings is 1. The van der Waals surface area contributed by atoms with Gasteiger partial charge in [0.15, 0.2) is 6.10 Å². The molecule has 0 bridgehead atoms. The summed E-state index contributed by atoms with van der Waals surface area (Å²) in [6.45, 7) is 6.39. The number of hydrogen-bond donors (Lipinski definition) is 1. The normalized spacial score (nSPS) is 12.0. The number of ether oxygens (including phenoxy) is 1. The van der Waals surface area contributed by atoms with E-state index in [2.05, 4.69) is 27.8 Å². The average Bonchev–Trinajstić information content (AvgIpc) is 3.25. The molecule has 3 aromatic rings. The Kier molecular flexibility index (Phi) is 6.06. The summed E-state index contributed by atoms with van der Waals surface area (Å²) in [4.78, 5) is 19.1. The Hall–Kier alpha value is -2.18. The van der Waals surface area contributed by atoms with Crippen LogP contribution in [0.1, 0.15) is 22.4 Å². The summed E-state index contributed by atoms with van der Waals surface area (Å²) >= 11 is 3.38. The van der Waals surface area contributed by atoms with Crippen molar-refractivity contribution in [2.45, 2.75) is 33.3 Å². The van der Waals surface area contributed by atoms with E-state index in [4.69, 9.17) is 4.74 Å². The molecule has 1 unspecified atom stereocenters. The molecule has 0 saturated carbocycles. The minimum absolute atomic E-state index is 0.0996. The van der Waals surface area contributed by atoms with Crippen LogP contribution < -0.4 is 10.1 Å². The lowest BCUT2D eigenvalue weighted by atomic mass is 10.2. The third-order valence-corrected chi connectivity index (χ3v) is 5.85. The van der Waals surface area contributed by atoms with Crippen LogP contribution in [-0.2, 0) is 11.2 Å². The second-order valence-corrected chi connectivity index (χ2v) is 8.36. The van der Waals surface area contributed by atoms with Crippen molar-refractivity contribution in [2.75, 3.05) is 6.54 Å². The van der Waals surface area contributed by atoms with E-state index in [-0.39, 0.29) is 5.91 Å². The molecule has 0 aliphatic carbocycles. The minimum atomic E-state index is -0.519. The molecule has 1 aromatic carbocycles. The van der Waals surface area contributed by atoms with Gasteiger partial charge in [-0.3, -0.25) is 4.79 Å². The van der Waals surface area contributed by atoms with Gasteiger partial charge < -0.3 is 10.1 Å². The molecule has 6 heteroatoms. The van der Waals surface area contributed by atoms with Crippen LogP contribution in [-0.4, -0.2) is 23.5 Å². The summed E-state index contributed by atoms with van der Waals surface area (Å²) in [6, 6.07) is 11.9. The SMILES string of the molecule is Cc1ccc(OC(C)C(=O)NCCc2ccc(-c3csc(C)n3)s2)cc1. The predicted molar refractivity (Wildman–Crippen MR) is 108 cm³/mol. The summed E-state index contributed by atoms with van der Waals surface area (Å²) in [5.74, 6) is 0.609. The van der Waals surface area contributed by atoms with E-state index in [9.17, 15) is 4.79 Å². The molecule has 4 nitrogen and oxygen atoms in total. The second kappa shape index (κ2) is 8.47. The van der Waals surface area contributed by atoms with Crippen molar-refractivity contribution in [1.29, 1.82) is 0 Å². The Labute approximate surface area is 161 Å². The standard InChI is InChI=1S/C20H22N2O2S2/c1-13-4-6-16(7-5-13)24-14(2)20(23)21-11-10-17-8-9-19(26-17)18-12-25-15(3)22-18/h4-9,12,14H,10-11H2,1-3H3,(H,21,23). The van der Waals surface area contributed by atoms with E-state index in [0.717, 1.165) is 22.7 Å². The van der Waals surface area contributed by atoms with E-state index < -0.39 is 6.10 Å². The lowest BCUT2D eigenvalue weighted by Crippen LogP contribution is -2.37. The molecule has 0 aliphatic rings. The van der Waals surface area contributed by atoms with Gasteiger partial charge in [0.2, 0.25) is 0 Å². The fourth-order valence-electron chi connectivity index (χ4n) is 2.45. The molecule has 0 radical (unpaired) electrons. The number of carbonyl (C=O) groups excluding carboxylic acids is 1. The number of rotatable bonds is 7. The van der Waals surface area contributed by atoms with Crippen molar-refractivity contribution >= 4 is 28.6 Å². The molecular weight excluding hydrogens is 364 g/mol. The number of nitrogens with zero attached hydrogens (tertiary/aromatic N) is 1. The Morgan fingerprint density at radius 2 is 1.96 bits per heavy atom. The summed E-state index contributed by atoms with van der Waals surface area (Å²) < 4.78 is 5.68. The first-order valence-electron chi connectivity index (χ1n) is 8.53. The van der Waals surface area contributed by atoms with Crippen LogP contribution >= 0.6 is 22.7 Å². The fourth-order valence-corrected chi connectivity index (χ4v) is 4.11.